The highest BCUT2D eigenvalue weighted by Gasteiger charge is 2.39. The van der Waals surface area contributed by atoms with E-state index < -0.39 is 47.4 Å². The Kier molecular flexibility index (Phi) is 8.49. The van der Waals surface area contributed by atoms with E-state index in [-0.39, 0.29) is 29.8 Å². The van der Waals surface area contributed by atoms with Crippen molar-refractivity contribution < 1.29 is 28.2 Å². The number of carbonyl (C=O) groups excluding carboxylic acids is 2. The number of hydrogen-bond donors (Lipinski definition) is 0. The molecule has 1 fully saturated rings. The molecule has 3 atom stereocenters. The zero-order valence-corrected chi connectivity index (χ0v) is 25.5. The maximum atomic E-state index is 15.2. The molecule has 1 aliphatic rings. The molecule has 0 unspecified atom stereocenters. The van der Waals surface area contributed by atoms with Gasteiger partial charge in [-0.1, -0.05) is 103 Å². The fourth-order valence-corrected chi connectivity index (χ4v) is 6.07. The van der Waals surface area contributed by atoms with Gasteiger partial charge < -0.3 is 14.2 Å². The molecule has 1 saturated heterocycles. The topological polar surface area (TPSA) is 106 Å². The summed E-state index contributed by atoms with van der Waals surface area (Å²) in [5.74, 6) is -2.84. The fourth-order valence-electron chi connectivity index (χ4n) is 6.07. The number of nitrogens with zero attached hydrogens (tertiary/aromatic N) is 2. The van der Waals surface area contributed by atoms with Gasteiger partial charge in [-0.05, 0) is 39.2 Å². The first-order chi connectivity index (χ1) is 23.4. The minimum absolute atomic E-state index is 0.0450. The Morgan fingerprint density at radius 2 is 1.38 bits per heavy atom. The van der Waals surface area contributed by atoms with Crippen LogP contribution in [-0.2, 0) is 20.8 Å². The van der Waals surface area contributed by atoms with Crippen LogP contribution in [0, 0.1) is 5.82 Å². The molecule has 0 aliphatic carbocycles. The Morgan fingerprint density at radius 1 is 0.771 bits per heavy atom. The van der Waals surface area contributed by atoms with Crippen LogP contribution in [0.25, 0.3) is 21.5 Å². The number of ether oxygens (including phenoxy) is 3. The van der Waals surface area contributed by atoms with Crippen molar-refractivity contribution in [1.82, 2.24) is 9.13 Å². The van der Waals surface area contributed by atoms with E-state index in [2.05, 4.69) is 0 Å². The van der Waals surface area contributed by atoms with Gasteiger partial charge in [0, 0.05) is 12.0 Å². The number of benzene rings is 5. The van der Waals surface area contributed by atoms with Crippen LogP contribution < -0.4 is 11.2 Å². The molecule has 10 heteroatoms. The lowest BCUT2D eigenvalue weighted by Gasteiger charge is -2.19. The Labute approximate surface area is 273 Å². The molecule has 0 radical (unpaired) electrons. The standard InChI is InChI=1S/C38H29FN2O7/c39-31-21-40(38(45)41(36(31)43)35(42)29-18-8-14-25-12-4-6-16-27(25)29)34-20-32(46-22-24-10-2-1-3-11-24)33(48-34)23-47-37(44)30-19-9-15-26-13-5-7-17-28(26)30/h1-19,21,32-34H,20,22-23H2/t32-,33+,34+/m0/s1. The molecule has 9 nitrogen and oxygen atoms in total. The zero-order chi connectivity index (χ0) is 33.2. The van der Waals surface area contributed by atoms with E-state index in [1.807, 2.05) is 60.7 Å². The van der Waals surface area contributed by atoms with E-state index in [1.165, 1.54) is 6.07 Å². The SMILES string of the molecule is O=C(OC[C@H]1O[C@@H](n2cc(F)c(=O)n(C(=O)c3cccc4ccccc34)c2=O)C[C@@H]1OCc1ccccc1)c1cccc2ccccc12. The van der Waals surface area contributed by atoms with Gasteiger partial charge >= 0.3 is 11.7 Å². The van der Waals surface area contributed by atoms with Crippen molar-refractivity contribution in [2.24, 2.45) is 0 Å². The first-order valence-electron chi connectivity index (χ1n) is 15.4. The first kappa shape index (κ1) is 30.9. The van der Waals surface area contributed by atoms with Crippen LogP contribution in [0.15, 0.2) is 131 Å². The molecule has 0 bridgehead atoms. The van der Waals surface area contributed by atoms with Crippen molar-refractivity contribution in [3.8, 4) is 0 Å². The van der Waals surface area contributed by atoms with Crippen LogP contribution >= 0.6 is 0 Å². The van der Waals surface area contributed by atoms with E-state index in [0.717, 1.165) is 27.1 Å². The van der Waals surface area contributed by atoms with Gasteiger partial charge in [0.05, 0.1) is 24.5 Å². The number of carbonyl (C=O) groups is 2. The molecule has 0 saturated carbocycles. The van der Waals surface area contributed by atoms with Crippen molar-refractivity contribution in [3.63, 3.8) is 0 Å². The minimum Gasteiger partial charge on any atom is -0.459 e. The van der Waals surface area contributed by atoms with Crippen LogP contribution in [0.3, 0.4) is 0 Å². The summed E-state index contributed by atoms with van der Waals surface area (Å²) in [6, 6.07) is 34.0. The van der Waals surface area contributed by atoms with Crippen LogP contribution in [0.2, 0.25) is 0 Å². The van der Waals surface area contributed by atoms with Gasteiger partial charge in [0.1, 0.15) is 18.9 Å². The molecule has 5 aromatic carbocycles. The van der Waals surface area contributed by atoms with Crippen molar-refractivity contribution in [2.45, 2.75) is 31.5 Å². The maximum Gasteiger partial charge on any atom is 0.340 e. The first-order valence-corrected chi connectivity index (χ1v) is 15.4. The zero-order valence-electron chi connectivity index (χ0n) is 25.5. The van der Waals surface area contributed by atoms with Crippen molar-refractivity contribution in [1.29, 1.82) is 0 Å². The van der Waals surface area contributed by atoms with E-state index >= 15 is 4.39 Å². The molecule has 0 spiro atoms. The van der Waals surface area contributed by atoms with E-state index in [0.29, 0.717) is 16.3 Å². The normalized spacial score (nSPS) is 17.5. The van der Waals surface area contributed by atoms with Crippen molar-refractivity contribution in [2.75, 3.05) is 6.61 Å². The molecule has 48 heavy (non-hydrogen) atoms. The second-order valence-corrected chi connectivity index (χ2v) is 11.5. The fraction of sp³-hybridized carbons (Fsp3) is 0.158. The lowest BCUT2D eigenvalue weighted by molar-refractivity contribution is -0.0710. The average Bonchev–Trinajstić information content (AvgIpc) is 3.53. The number of rotatable bonds is 8. The number of hydrogen-bond acceptors (Lipinski definition) is 7. The molecule has 6 aromatic rings. The summed E-state index contributed by atoms with van der Waals surface area (Å²) >= 11 is 0. The second-order valence-electron chi connectivity index (χ2n) is 11.5. The molecule has 1 aliphatic heterocycles. The second kappa shape index (κ2) is 13.2. The van der Waals surface area contributed by atoms with Gasteiger partial charge in [-0.15, -0.1) is 0 Å². The lowest BCUT2D eigenvalue weighted by atomic mass is 10.0. The van der Waals surface area contributed by atoms with Crippen LogP contribution in [0.1, 0.15) is 38.9 Å². The number of aromatic nitrogens is 2. The van der Waals surface area contributed by atoms with Gasteiger partial charge in [0.2, 0.25) is 5.82 Å². The molecule has 1 aromatic heterocycles. The van der Waals surface area contributed by atoms with Gasteiger partial charge in [0.25, 0.3) is 11.5 Å². The summed E-state index contributed by atoms with van der Waals surface area (Å²) in [7, 11) is 0. The van der Waals surface area contributed by atoms with E-state index in [9.17, 15) is 19.2 Å². The molecule has 0 amide bonds. The average molecular weight is 645 g/mol. The Bertz CT molecular complexity index is 2270. The highest BCUT2D eigenvalue weighted by molar-refractivity contribution is 6.08. The smallest absolute Gasteiger partial charge is 0.340 e. The molecule has 2 heterocycles. The predicted octanol–water partition coefficient (Wildman–Crippen LogP) is 5.87. The molecular weight excluding hydrogens is 615 g/mol. The number of fused-ring (bicyclic) bond motifs is 2. The third-order valence-corrected chi connectivity index (χ3v) is 8.48. The largest absolute Gasteiger partial charge is 0.459 e. The monoisotopic (exact) mass is 644 g/mol. The van der Waals surface area contributed by atoms with Crippen LogP contribution in [0.4, 0.5) is 4.39 Å². The Hall–Kier alpha value is -5.71. The Morgan fingerprint density at radius 3 is 2.08 bits per heavy atom. The lowest BCUT2D eigenvalue weighted by Crippen LogP contribution is -2.46. The third kappa shape index (κ3) is 5.94. The summed E-state index contributed by atoms with van der Waals surface area (Å²) in [4.78, 5) is 53.6. The number of esters is 1. The van der Waals surface area contributed by atoms with Crippen molar-refractivity contribution in [3.05, 3.63) is 165 Å². The van der Waals surface area contributed by atoms with E-state index in [4.69, 9.17) is 14.2 Å². The van der Waals surface area contributed by atoms with Gasteiger partial charge in [0.15, 0.2) is 0 Å². The highest BCUT2D eigenvalue weighted by Crippen LogP contribution is 2.31. The predicted molar refractivity (Wildman–Crippen MR) is 176 cm³/mol. The number of halogens is 1. The quantitative estimate of drug-likeness (QED) is 0.191. The maximum absolute atomic E-state index is 15.2. The van der Waals surface area contributed by atoms with Gasteiger partial charge in [-0.3, -0.25) is 14.2 Å². The third-order valence-electron chi connectivity index (χ3n) is 8.48. The molecule has 7 rings (SSSR count). The summed E-state index contributed by atoms with van der Waals surface area (Å²) in [5, 5.41) is 2.83. The summed E-state index contributed by atoms with van der Waals surface area (Å²) in [6.07, 6.45) is -1.91. The Balaban J connectivity index is 1.19. The molecule has 240 valence electrons. The summed E-state index contributed by atoms with van der Waals surface area (Å²) in [5.41, 5.74) is -1.12. The van der Waals surface area contributed by atoms with Gasteiger partial charge in [-0.2, -0.15) is 8.96 Å². The highest BCUT2D eigenvalue weighted by atomic mass is 19.1. The minimum atomic E-state index is -1.37. The van der Waals surface area contributed by atoms with E-state index in [1.54, 1.807) is 48.5 Å². The van der Waals surface area contributed by atoms with Crippen LogP contribution in [0.5, 0.6) is 0 Å². The van der Waals surface area contributed by atoms with Crippen molar-refractivity contribution >= 4 is 33.4 Å². The summed E-state index contributed by atoms with van der Waals surface area (Å²) < 4.78 is 34.4. The molecular formula is C38H29FN2O7. The van der Waals surface area contributed by atoms with Crippen LogP contribution in [-0.4, -0.2) is 39.8 Å². The molecule has 0 N–H and O–H groups in total. The van der Waals surface area contributed by atoms with Gasteiger partial charge in [-0.25, -0.2) is 9.59 Å². The summed E-state index contributed by atoms with van der Waals surface area (Å²) in [6.45, 7) is -0.0402.